The van der Waals surface area contributed by atoms with Gasteiger partial charge in [-0.05, 0) is 37.3 Å². The quantitative estimate of drug-likeness (QED) is 0.849. The van der Waals surface area contributed by atoms with E-state index in [2.05, 4.69) is 36.1 Å². The van der Waals surface area contributed by atoms with Gasteiger partial charge in [0.05, 0.1) is 0 Å². The van der Waals surface area contributed by atoms with Gasteiger partial charge in [-0.1, -0.05) is 32.5 Å². The second-order valence-electron chi connectivity index (χ2n) is 5.76. The first kappa shape index (κ1) is 13.8. The van der Waals surface area contributed by atoms with E-state index in [1.54, 1.807) is 0 Å². The molecule has 0 spiro atoms. The van der Waals surface area contributed by atoms with Crippen molar-refractivity contribution in [3.05, 3.63) is 18.0 Å². The highest BCUT2D eigenvalue weighted by atomic mass is 32.2. The minimum Gasteiger partial charge on any atom is -0.313 e. The molecule has 1 aromatic heterocycles. The molecule has 1 aliphatic rings. The Morgan fingerprint density at radius 2 is 2.06 bits per heavy atom. The number of aryl methyl sites for hydroxylation is 1. The molecule has 0 bridgehead atoms. The Balaban J connectivity index is 2.06. The van der Waals surface area contributed by atoms with E-state index in [1.807, 2.05) is 31.1 Å². The molecule has 1 saturated carbocycles. The molecular weight excluding hydrogens is 242 g/mol. The highest BCUT2D eigenvalue weighted by molar-refractivity contribution is 7.99. The van der Waals surface area contributed by atoms with E-state index in [-0.39, 0.29) is 0 Å². The molecule has 100 valence electrons. The Bertz CT molecular complexity index is 389. The van der Waals surface area contributed by atoms with Gasteiger partial charge in [-0.15, -0.1) is 0 Å². The average molecular weight is 265 g/mol. The largest absolute Gasteiger partial charge is 0.313 e. The van der Waals surface area contributed by atoms with E-state index in [4.69, 9.17) is 0 Å². The first-order valence-corrected chi connectivity index (χ1v) is 7.59. The van der Waals surface area contributed by atoms with E-state index >= 15 is 0 Å². The van der Waals surface area contributed by atoms with Crippen LogP contribution < -0.4 is 5.32 Å². The predicted octanol–water partition coefficient (Wildman–Crippen LogP) is 3.04. The highest BCUT2D eigenvalue weighted by Crippen LogP contribution is 2.44. The van der Waals surface area contributed by atoms with Crippen molar-refractivity contribution in [2.75, 3.05) is 6.54 Å². The number of nitrogens with one attached hydrogen (secondary N) is 1. The van der Waals surface area contributed by atoms with Crippen molar-refractivity contribution in [3.8, 4) is 0 Å². The fourth-order valence-corrected chi connectivity index (χ4v) is 4.01. The van der Waals surface area contributed by atoms with Crippen LogP contribution in [0.5, 0.6) is 0 Å². The molecule has 0 saturated heterocycles. The molecular formula is C14H23N3S. The first-order valence-electron chi connectivity index (χ1n) is 6.71. The van der Waals surface area contributed by atoms with Gasteiger partial charge in [0.15, 0.2) is 5.16 Å². The van der Waals surface area contributed by atoms with Gasteiger partial charge in [-0.25, -0.2) is 9.97 Å². The van der Waals surface area contributed by atoms with Crippen LogP contribution in [0.1, 0.15) is 39.2 Å². The molecule has 2 unspecified atom stereocenters. The third-order valence-corrected chi connectivity index (χ3v) is 4.96. The van der Waals surface area contributed by atoms with Crippen molar-refractivity contribution < 1.29 is 0 Å². The molecule has 2 rings (SSSR count). The average Bonchev–Trinajstić information content (AvgIpc) is 2.60. The zero-order valence-corrected chi connectivity index (χ0v) is 12.5. The summed E-state index contributed by atoms with van der Waals surface area (Å²) >= 11 is 1.83. The number of nitrogens with zero attached hydrogens (tertiary/aromatic N) is 2. The van der Waals surface area contributed by atoms with Crippen LogP contribution in [0.15, 0.2) is 17.6 Å². The molecule has 3 nitrogen and oxygen atoms in total. The molecule has 0 aromatic carbocycles. The van der Waals surface area contributed by atoms with E-state index in [9.17, 15) is 0 Å². The van der Waals surface area contributed by atoms with Crippen LogP contribution >= 0.6 is 11.8 Å². The fourth-order valence-electron chi connectivity index (χ4n) is 2.67. The van der Waals surface area contributed by atoms with Crippen molar-refractivity contribution in [2.45, 2.75) is 57.0 Å². The summed E-state index contributed by atoms with van der Waals surface area (Å²) in [7, 11) is 0. The van der Waals surface area contributed by atoms with Gasteiger partial charge in [0.25, 0.3) is 0 Å². The zero-order chi connectivity index (χ0) is 13.2. The molecule has 1 aliphatic carbocycles. The lowest BCUT2D eigenvalue weighted by Gasteiger charge is -2.30. The summed E-state index contributed by atoms with van der Waals surface area (Å²) in [5.41, 5.74) is 1.49. The fraction of sp³-hybridized carbons (Fsp3) is 0.714. The monoisotopic (exact) mass is 265 g/mol. The molecule has 0 aliphatic heterocycles. The van der Waals surface area contributed by atoms with Crippen LogP contribution in [0.25, 0.3) is 0 Å². The third kappa shape index (κ3) is 3.04. The standard InChI is InChI=1S/C14H23N3S/c1-5-15-12-11(6-7-14(12,3)4)18-13-16-8-10(2)9-17-13/h8-9,11-12,15H,5-7H2,1-4H3. The lowest BCUT2D eigenvalue weighted by Crippen LogP contribution is -2.43. The van der Waals surface area contributed by atoms with Crippen LogP contribution in [0.2, 0.25) is 0 Å². The van der Waals surface area contributed by atoms with Crippen molar-refractivity contribution >= 4 is 11.8 Å². The van der Waals surface area contributed by atoms with Crippen LogP contribution in [0.4, 0.5) is 0 Å². The van der Waals surface area contributed by atoms with Crippen molar-refractivity contribution in [2.24, 2.45) is 5.41 Å². The highest BCUT2D eigenvalue weighted by Gasteiger charge is 2.42. The Labute approximate surface area is 114 Å². The van der Waals surface area contributed by atoms with Gasteiger partial charge < -0.3 is 5.32 Å². The van der Waals surface area contributed by atoms with E-state index in [1.165, 1.54) is 12.8 Å². The number of aromatic nitrogens is 2. The summed E-state index contributed by atoms with van der Waals surface area (Å²) in [6.45, 7) is 9.95. The maximum absolute atomic E-state index is 4.41. The van der Waals surface area contributed by atoms with Gasteiger partial charge >= 0.3 is 0 Å². The summed E-state index contributed by atoms with van der Waals surface area (Å²) in [5, 5.41) is 5.13. The maximum atomic E-state index is 4.41. The number of hydrogen-bond acceptors (Lipinski definition) is 4. The molecule has 0 amide bonds. The topological polar surface area (TPSA) is 37.8 Å². The molecule has 1 aromatic rings. The van der Waals surface area contributed by atoms with Crippen molar-refractivity contribution in [3.63, 3.8) is 0 Å². The molecule has 2 atom stereocenters. The van der Waals surface area contributed by atoms with Crippen molar-refractivity contribution in [1.82, 2.24) is 15.3 Å². The maximum Gasteiger partial charge on any atom is 0.187 e. The lowest BCUT2D eigenvalue weighted by molar-refractivity contribution is 0.290. The van der Waals surface area contributed by atoms with Gasteiger partial charge in [0, 0.05) is 23.7 Å². The normalized spacial score (nSPS) is 26.4. The zero-order valence-electron chi connectivity index (χ0n) is 11.7. The summed E-state index contributed by atoms with van der Waals surface area (Å²) in [6, 6.07) is 0.553. The number of rotatable bonds is 4. The predicted molar refractivity (Wildman–Crippen MR) is 76.9 cm³/mol. The van der Waals surface area contributed by atoms with E-state index < -0.39 is 0 Å². The second-order valence-corrected chi connectivity index (χ2v) is 6.97. The van der Waals surface area contributed by atoms with Gasteiger partial charge in [0.2, 0.25) is 0 Å². The van der Waals surface area contributed by atoms with E-state index in [0.29, 0.717) is 16.7 Å². The molecule has 1 fully saturated rings. The minimum absolute atomic E-state index is 0.373. The third-order valence-electron chi connectivity index (χ3n) is 3.72. The van der Waals surface area contributed by atoms with E-state index in [0.717, 1.165) is 17.3 Å². The van der Waals surface area contributed by atoms with Crippen molar-refractivity contribution in [1.29, 1.82) is 0 Å². The van der Waals surface area contributed by atoms with Crippen LogP contribution in [-0.4, -0.2) is 27.8 Å². The number of hydrogen-bond donors (Lipinski definition) is 1. The summed E-state index contributed by atoms with van der Waals surface area (Å²) in [5.74, 6) is 0. The molecule has 1 heterocycles. The van der Waals surface area contributed by atoms with Crippen LogP contribution in [0, 0.1) is 12.3 Å². The Kier molecular flexibility index (Phi) is 4.28. The van der Waals surface area contributed by atoms with Gasteiger partial charge in [0.1, 0.15) is 0 Å². The van der Waals surface area contributed by atoms with Gasteiger partial charge in [-0.3, -0.25) is 0 Å². The molecule has 0 radical (unpaired) electrons. The second kappa shape index (κ2) is 5.57. The minimum atomic E-state index is 0.373. The Hall–Kier alpha value is -0.610. The molecule has 18 heavy (non-hydrogen) atoms. The summed E-state index contributed by atoms with van der Waals surface area (Å²) in [4.78, 5) is 8.82. The van der Waals surface area contributed by atoms with Crippen LogP contribution in [-0.2, 0) is 0 Å². The Morgan fingerprint density at radius 1 is 1.39 bits per heavy atom. The smallest absolute Gasteiger partial charge is 0.187 e. The molecule has 1 N–H and O–H groups in total. The molecule has 4 heteroatoms. The first-order chi connectivity index (χ1) is 8.53. The Morgan fingerprint density at radius 3 is 2.67 bits per heavy atom. The summed E-state index contributed by atoms with van der Waals surface area (Å²) in [6.07, 6.45) is 6.32. The van der Waals surface area contributed by atoms with Gasteiger partial charge in [-0.2, -0.15) is 0 Å². The summed E-state index contributed by atoms with van der Waals surface area (Å²) < 4.78 is 0. The number of thioether (sulfide) groups is 1. The SMILES string of the molecule is CCNC1C(Sc2ncc(C)cn2)CCC1(C)C. The van der Waals surface area contributed by atoms with Crippen LogP contribution in [0.3, 0.4) is 0 Å². The lowest BCUT2D eigenvalue weighted by atomic mass is 9.87.